The van der Waals surface area contributed by atoms with Gasteiger partial charge in [0.05, 0.1) is 12.5 Å². The average molecular weight is 314 g/mol. The van der Waals surface area contributed by atoms with Crippen molar-refractivity contribution in [2.75, 3.05) is 6.61 Å². The molecule has 4 nitrogen and oxygen atoms in total. The van der Waals surface area contributed by atoms with Crippen LogP contribution in [0.15, 0.2) is 30.0 Å². The molecule has 0 fully saturated rings. The number of hydrogen-bond acceptors (Lipinski definition) is 4. The van der Waals surface area contributed by atoms with Gasteiger partial charge in [0.25, 0.3) is 0 Å². The van der Waals surface area contributed by atoms with Gasteiger partial charge in [0.1, 0.15) is 5.82 Å². The molecule has 0 spiro atoms. The number of carbonyl (C=O) groups is 2. The first-order valence-corrected chi connectivity index (χ1v) is 6.78. The first-order chi connectivity index (χ1) is 9.93. The Labute approximate surface area is 150 Å². The Morgan fingerprint density at radius 2 is 2.14 bits per heavy atom. The summed E-state index contributed by atoms with van der Waals surface area (Å²) in [4.78, 5) is 23.6. The minimum atomic E-state index is -1.08. The zero-order valence-corrected chi connectivity index (χ0v) is 14.9. The number of hydrogen-bond donors (Lipinski definition) is 0. The SMILES string of the molecule is CCOC(=O)C1C([O-])=CC(=O)CC1c1ccc(C)c(F)c1.[Na+]. The summed E-state index contributed by atoms with van der Waals surface area (Å²) in [5.74, 6) is -3.78. The summed E-state index contributed by atoms with van der Waals surface area (Å²) in [5.41, 5.74) is 0.928. The molecule has 0 bridgehead atoms. The van der Waals surface area contributed by atoms with Gasteiger partial charge in [-0.2, -0.15) is 0 Å². The fourth-order valence-electron chi connectivity index (χ4n) is 2.50. The van der Waals surface area contributed by atoms with Gasteiger partial charge < -0.3 is 9.84 Å². The second-order valence-corrected chi connectivity index (χ2v) is 5.06. The smallest absolute Gasteiger partial charge is 0.875 e. The Bertz CT molecular complexity index is 612. The van der Waals surface area contributed by atoms with Crippen LogP contribution < -0.4 is 34.7 Å². The van der Waals surface area contributed by atoms with E-state index < -0.39 is 29.4 Å². The molecule has 112 valence electrons. The molecule has 0 saturated heterocycles. The predicted molar refractivity (Wildman–Crippen MR) is 71.7 cm³/mol. The minimum Gasteiger partial charge on any atom is -0.875 e. The number of rotatable bonds is 3. The Kier molecular flexibility index (Phi) is 6.78. The number of ketones is 1. The molecule has 0 aromatic heterocycles. The molecule has 1 aromatic rings. The maximum Gasteiger partial charge on any atom is 1.00 e. The number of ether oxygens (including phenoxy) is 1. The van der Waals surface area contributed by atoms with Crippen molar-refractivity contribution in [2.24, 2.45) is 5.92 Å². The third-order valence-corrected chi connectivity index (χ3v) is 3.60. The van der Waals surface area contributed by atoms with E-state index in [9.17, 15) is 19.1 Å². The Balaban J connectivity index is 0.00000242. The van der Waals surface area contributed by atoms with Gasteiger partial charge in [-0.25, -0.2) is 4.39 Å². The van der Waals surface area contributed by atoms with Gasteiger partial charge in [-0.15, -0.1) is 5.76 Å². The summed E-state index contributed by atoms with van der Waals surface area (Å²) >= 11 is 0. The van der Waals surface area contributed by atoms with Crippen LogP contribution in [0, 0.1) is 18.7 Å². The molecule has 0 radical (unpaired) electrons. The van der Waals surface area contributed by atoms with Crippen molar-refractivity contribution >= 4 is 11.8 Å². The number of allylic oxidation sites excluding steroid dienone is 1. The maximum atomic E-state index is 13.7. The van der Waals surface area contributed by atoms with Gasteiger partial charge >= 0.3 is 35.5 Å². The van der Waals surface area contributed by atoms with Crippen LogP contribution in [0.1, 0.15) is 30.4 Å². The zero-order valence-electron chi connectivity index (χ0n) is 12.9. The standard InChI is InChI=1S/C16H17FO4.Na/c1-3-21-16(20)15-12(7-11(18)8-14(15)19)10-5-4-9(2)13(17)6-10;/h4-6,8,12,15,19H,3,7H2,1-2H3;/q;+1/p-1. The molecule has 0 N–H and O–H groups in total. The fraction of sp³-hybridized carbons (Fsp3) is 0.375. The third-order valence-electron chi connectivity index (χ3n) is 3.60. The van der Waals surface area contributed by atoms with Crippen molar-refractivity contribution in [1.29, 1.82) is 0 Å². The molecule has 0 aliphatic heterocycles. The molecular formula is C16H16FNaO4. The summed E-state index contributed by atoms with van der Waals surface area (Å²) in [7, 11) is 0. The van der Waals surface area contributed by atoms with E-state index in [1.807, 2.05) is 0 Å². The van der Waals surface area contributed by atoms with Gasteiger partial charge in [0, 0.05) is 12.3 Å². The number of halogens is 1. The van der Waals surface area contributed by atoms with Crippen molar-refractivity contribution in [2.45, 2.75) is 26.2 Å². The molecular weight excluding hydrogens is 298 g/mol. The second kappa shape index (κ2) is 7.90. The molecule has 1 aromatic carbocycles. The van der Waals surface area contributed by atoms with Gasteiger partial charge in [-0.1, -0.05) is 12.1 Å². The number of carbonyl (C=O) groups excluding carboxylic acids is 2. The fourth-order valence-corrected chi connectivity index (χ4v) is 2.50. The van der Waals surface area contributed by atoms with Crippen LogP contribution in [0.4, 0.5) is 4.39 Å². The van der Waals surface area contributed by atoms with Gasteiger partial charge in [0.2, 0.25) is 0 Å². The van der Waals surface area contributed by atoms with Crippen LogP contribution in [-0.4, -0.2) is 18.4 Å². The monoisotopic (exact) mass is 314 g/mol. The van der Waals surface area contributed by atoms with E-state index in [1.165, 1.54) is 6.07 Å². The zero-order chi connectivity index (χ0) is 15.6. The summed E-state index contributed by atoms with van der Waals surface area (Å²) in [6, 6.07) is 4.49. The summed E-state index contributed by atoms with van der Waals surface area (Å²) in [6.07, 6.45) is 0.931. The van der Waals surface area contributed by atoms with Gasteiger partial charge in [0.15, 0.2) is 5.78 Å². The number of aryl methyl sites for hydroxylation is 1. The van der Waals surface area contributed by atoms with E-state index in [-0.39, 0.29) is 48.4 Å². The molecule has 0 amide bonds. The van der Waals surface area contributed by atoms with E-state index >= 15 is 0 Å². The molecule has 6 heteroatoms. The predicted octanol–water partition coefficient (Wildman–Crippen LogP) is -1.38. The summed E-state index contributed by atoms with van der Waals surface area (Å²) < 4.78 is 18.6. The van der Waals surface area contributed by atoms with Crippen molar-refractivity contribution in [1.82, 2.24) is 0 Å². The van der Waals surface area contributed by atoms with E-state index in [0.717, 1.165) is 6.08 Å². The molecule has 0 heterocycles. The molecule has 2 atom stereocenters. The van der Waals surface area contributed by atoms with E-state index in [1.54, 1.807) is 26.0 Å². The Morgan fingerprint density at radius 1 is 1.45 bits per heavy atom. The summed E-state index contributed by atoms with van der Waals surface area (Å²) in [6.45, 7) is 3.40. The van der Waals surface area contributed by atoms with Crippen LogP contribution in [-0.2, 0) is 14.3 Å². The largest absolute Gasteiger partial charge is 1.00 e. The van der Waals surface area contributed by atoms with E-state index in [4.69, 9.17) is 4.74 Å². The van der Waals surface area contributed by atoms with Crippen LogP contribution in [0.25, 0.3) is 0 Å². The van der Waals surface area contributed by atoms with Crippen LogP contribution >= 0.6 is 0 Å². The molecule has 0 saturated carbocycles. The molecule has 22 heavy (non-hydrogen) atoms. The molecule has 2 unspecified atom stereocenters. The average Bonchev–Trinajstić information content (AvgIpc) is 2.41. The first kappa shape index (κ1) is 18.9. The van der Waals surface area contributed by atoms with Crippen LogP contribution in [0.5, 0.6) is 0 Å². The Hall–Kier alpha value is -1.17. The van der Waals surface area contributed by atoms with Crippen LogP contribution in [0.3, 0.4) is 0 Å². The second-order valence-electron chi connectivity index (χ2n) is 5.06. The molecule has 1 aliphatic carbocycles. The number of esters is 1. The normalized spacial score (nSPS) is 20.9. The van der Waals surface area contributed by atoms with E-state index in [0.29, 0.717) is 11.1 Å². The van der Waals surface area contributed by atoms with Crippen LogP contribution in [0.2, 0.25) is 0 Å². The quantitative estimate of drug-likeness (QED) is 0.509. The summed E-state index contributed by atoms with van der Waals surface area (Å²) in [5, 5.41) is 12.0. The van der Waals surface area contributed by atoms with E-state index in [2.05, 4.69) is 0 Å². The molecule has 1 aliphatic rings. The van der Waals surface area contributed by atoms with Crippen molar-refractivity contribution in [3.05, 3.63) is 47.0 Å². The minimum absolute atomic E-state index is 0. The maximum absolute atomic E-state index is 13.7. The Morgan fingerprint density at radius 3 is 2.73 bits per heavy atom. The topological polar surface area (TPSA) is 66.4 Å². The van der Waals surface area contributed by atoms with Crippen molar-refractivity contribution < 1.29 is 53.4 Å². The number of benzene rings is 1. The first-order valence-electron chi connectivity index (χ1n) is 6.78. The van der Waals surface area contributed by atoms with Gasteiger partial charge in [-0.05, 0) is 37.1 Å². The third kappa shape index (κ3) is 3.97. The van der Waals surface area contributed by atoms with Crippen molar-refractivity contribution in [3.8, 4) is 0 Å². The van der Waals surface area contributed by atoms with Gasteiger partial charge in [-0.3, -0.25) is 9.59 Å². The molecule has 2 rings (SSSR count). The van der Waals surface area contributed by atoms with Crippen molar-refractivity contribution in [3.63, 3.8) is 0 Å².